The van der Waals surface area contributed by atoms with Crippen molar-refractivity contribution in [2.24, 2.45) is 11.8 Å². The molecule has 16 heavy (non-hydrogen) atoms. The fraction of sp³-hybridized carbons (Fsp3) is 0.615. The minimum atomic E-state index is 0.179. The van der Waals surface area contributed by atoms with Crippen LogP contribution in [0.3, 0.4) is 0 Å². The molecule has 1 rings (SSSR count). The standard InChI is InChI=1S/C13H23N3/c1-4-11-6-5-9-15-13(11)12(16-14)8-7-10(2)3/h5-6,9-10,12,16H,4,7-8,14H2,1-3H3. The molecule has 1 atom stereocenters. The molecule has 3 heteroatoms. The van der Waals surface area contributed by atoms with E-state index in [4.69, 9.17) is 5.84 Å². The number of nitrogens with one attached hydrogen (secondary N) is 1. The van der Waals surface area contributed by atoms with Crippen LogP contribution in [0.5, 0.6) is 0 Å². The van der Waals surface area contributed by atoms with Gasteiger partial charge in [-0.05, 0) is 36.8 Å². The smallest absolute Gasteiger partial charge is 0.0635 e. The summed E-state index contributed by atoms with van der Waals surface area (Å²) in [7, 11) is 0. The van der Waals surface area contributed by atoms with Crippen LogP contribution in [0.1, 0.15) is 50.9 Å². The first-order valence-corrected chi connectivity index (χ1v) is 6.09. The summed E-state index contributed by atoms with van der Waals surface area (Å²) in [4.78, 5) is 4.46. The van der Waals surface area contributed by atoms with Crippen molar-refractivity contribution in [1.29, 1.82) is 0 Å². The summed E-state index contributed by atoms with van der Waals surface area (Å²) in [5, 5.41) is 0. The molecule has 0 radical (unpaired) electrons. The Morgan fingerprint density at radius 1 is 1.38 bits per heavy atom. The summed E-state index contributed by atoms with van der Waals surface area (Å²) in [5.74, 6) is 6.32. The minimum absolute atomic E-state index is 0.179. The van der Waals surface area contributed by atoms with Gasteiger partial charge in [0, 0.05) is 6.20 Å². The molecule has 0 saturated carbocycles. The highest BCUT2D eigenvalue weighted by molar-refractivity contribution is 5.22. The molecule has 90 valence electrons. The average Bonchev–Trinajstić information content (AvgIpc) is 2.30. The van der Waals surface area contributed by atoms with Crippen molar-refractivity contribution < 1.29 is 0 Å². The molecule has 0 bridgehead atoms. The zero-order valence-corrected chi connectivity index (χ0v) is 10.5. The van der Waals surface area contributed by atoms with Crippen LogP contribution in [-0.2, 0) is 6.42 Å². The lowest BCUT2D eigenvalue weighted by molar-refractivity contribution is 0.439. The van der Waals surface area contributed by atoms with Gasteiger partial charge in [-0.15, -0.1) is 0 Å². The Labute approximate surface area is 98.4 Å². The van der Waals surface area contributed by atoms with Crippen molar-refractivity contribution in [3.05, 3.63) is 29.6 Å². The van der Waals surface area contributed by atoms with E-state index in [0.717, 1.165) is 25.0 Å². The van der Waals surface area contributed by atoms with Crippen LogP contribution in [0.2, 0.25) is 0 Å². The third kappa shape index (κ3) is 3.58. The second-order valence-electron chi connectivity index (χ2n) is 4.59. The van der Waals surface area contributed by atoms with Gasteiger partial charge < -0.3 is 0 Å². The van der Waals surface area contributed by atoms with Gasteiger partial charge >= 0.3 is 0 Å². The summed E-state index contributed by atoms with van der Waals surface area (Å²) in [5.41, 5.74) is 5.28. The van der Waals surface area contributed by atoms with Gasteiger partial charge in [0.2, 0.25) is 0 Å². The Morgan fingerprint density at radius 3 is 2.69 bits per heavy atom. The van der Waals surface area contributed by atoms with E-state index in [1.165, 1.54) is 5.56 Å². The molecule has 0 aromatic carbocycles. The van der Waals surface area contributed by atoms with Crippen molar-refractivity contribution in [3.63, 3.8) is 0 Å². The maximum absolute atomic E-state index is 5.62. The molecule has 3 N–H and O–H groups in total. The van der Waals surface area contributed by atoms with E-state index in [0.29, 0.717) is 5.92 Å². The van der Waals surface area contributed by atoms with Gasteiger partial charge in [0.05, 0.1) is 11.7 Å². The van der Waals surface area contributed by atoms with Crippen LogP contribution in [0, 0.1) is 5.92 Å². The Morgan fingerprint density at radius 2 is 2.12 bits per heavy atom. The van der Waals surface area contributed by atoms with E-state index < -0.39 is 0 Å². The van der Waals surface area contributed by atoms with E-state index >= 15 is 0 Å². The minimum Gasteiger partial charge on any atom is -0.271 e. The molecule has 0 amide bonds. The fourth-order valence-electron chi connectivity index (χ4n) is 1.86. The molecule has 0 aliphatic carbocycles. The third-order valence-corrected chi connectivity index (χ3v) is 2.87. The number of rotatable bonds is 6. The summed E-state index contributed by atoms with van der Waals surface area (Å²) in [6.45, 7) is 6.61. The Bertz CT molecular complexity index is 310. The first-order chi connectivity index (χ1) is 7.69. The number of nitrogens with zero attached hydrogens (tertiary/aromatic N) is 1. The van der Waals surface area contributed by atoms with Crippen LogP contribution < -0.4 is 11.3 Å². The molecule has 3 nitrogen and oxygen atoms in total. The molecule has 0 spiro atoms. The van der Waals surface area contributed by atoms with E-state index in [1.54, 1.807) is 0 Å². The molecule has 0 saturated heterocycles. The van der Waals surface area contributed by atoms with E-state index in [-0.39, 0.29) is 6.04 Å². The van der Waals surface area contributed by atoms with Crippen LogP contribution in [-0.4, -0.2) is 4.98 Å². The summed E-state index contributed by atoms with van der Waals surface area (Å²) in [6.07, 6.45) is 5.05. The number of pyridine rings is 1. The zero-order valence-electron chi connectivity index (χ0n) is 10.5. The van der Waals surface area contributed by atoms with E-state index in [9.17, 15) is 0 Å². The van der Waals surface area contributed by atoms with Crippen LogP contribution in [0.15, 0.2) is 18.3 Å². The van der Waals surface area contributed by atoms with Crippen LogP contribution in [0.25, 0.3) is 0 Å². The van der Waals surface area contributed by atoms with Crippen molar-refractivity contribution in [2.75, 3.05) is 0 Å². The van der Waals surface area contributed by atoms with Crippen molar-refractivity contribution in [2.45, 2.75) is 46.1 Å². The Hall–Kier alpha value is -0.930. The van der Waals surface area contributed by atoms with Gasteiger partial charge in [0.25, 0.3) is 0 Å². The second-order valence-corrected chi connectivity index (χ2v) is 4.59. The van der Waals surface area contributed by atoms with Gasteiger partial charge in [-0.3, -0.25) is 16.3 Å². The normalized spacial score (nSPS) is 13.1. The highest BCUT2D eigenvalue weighted by Gasteiger charge is 2.14. The molecule has 0 aliphatic rings. The molecular weight excluding hydrogens is 198 g/mol. The van der Waals surface area contributed by atoms with Gasteiger partial charge in [-0.2, -0.15) is 0 Å². The third-order valence-electron chi connectivity index (χ3n) is 2.87. The molecule has 1 aromatic rings. The molecule has 1 aromatic heterocycles. The molecule has 0 fully saturated rings. The Kier molecular flexibility index (Phi) is 5.43. The van der Waals surface area contributed by atoms with Gasteiger partial charge in [0.1, 0.15) is 0 Å². The molecular formula is C13H23N3. The topological polar surface area (TPSA) is 50.9 Å². The maximum atomic E-state index is 5.62. The van der Waals surface area contributed by atoms with Gasteiger partial charge in [-0.25, -0.2) is 0 Å². The predicted octanol–water partition coefficient (Wildman–Crippen LogP) is 2.58. The highest BCUT2D eigenvalue weighted by atomic mass is 15.2. The monoisotopic (exact) mass is 221 g/mol. The van der Waals surface area contributed by atoms with Gasteiger partial charge in [-0.1, -0.05) is 26.8 Å². The highest BCUT2D eigenvalue weighted by Crippen LogP contribution is 2.21. The number of aromatic nitrogens is 1. The summed E-state index contributed by atoms with van der Waals surface area (Å²) < 4.78 is 0. The number of hydrazine groups is 1. The van der Waals surface area contributed by atoms with Crippen molar-refractivity contribution >= 4 is 0 Å². The number of aryl methyl sites for hydroxylation is 1. The first kappa shape index (κ1) is 13.1. The molecule has 1 heterocycles. The lowest BCUT2D eigenvalue weighted by Gasteiger charge is -2.19. The van der Waals surface area contributed by atoms with Crippen molar-refractivity contribution in [3.8, 4) is 0 Å². The maximum Gasteiger partial charge on any atom is 0.0635 e. The first-order valence-electron chi connectivity index (χ1n) is 6.09. The van der Waals surface area contributed by atoms with E-state index in [1.807, 2.05) is 12.3 Å². The zero-order chi connectivity index (χ0) is 12.0. The number of nitrogens with two attached hydrogens (primary N) is 1. The predicted molar refractivity (Wildman–Crippen MR) is 67.8 cm³/mol. The fourth-order valence-corrected chi connectivity index (χ4v) is 1.86. The quantitative estimate of drug-likeness (QED) is 0.573. The summed E-state index contributed by atoms with van der Waals surface area (Å²) in [6, 6.07) is 4.29. The Balaban J connectivity index is 2.77. The number of hydrogen-bond donors (Lipinski definition) is 2. The van der Waals surface area contributed by atoms with E-state index in [2.05, 4.69) is 37.2 Å². The van der Waals surface area contributed by atoms with Gasteiger partial charge in [0.15, 0.2) is 0 Å². The number of hydrogen-bond acceptors (Lipinski definition) is 3. The average molecular weight is 221 g/mol. The lowest BCUT2D eigenvalue weighted by atomic mass is 9.98. The van der Waals surface area contributed by atoms with Crippen LogP contribution >= 0.6 is 0 Å². The SMILES string of the molecule is CCc1cccnc1C(CCC(C)C)NN. The second kappa shape index (κ2) is 6.61. The molecule has 0 aliphatic heterocycles. The molecule has 1 unspecified atom stereocenters. The largest absolute Gasteiger partial charge is 0.271 e. The lowest BCUT2D eigenvalue weighted by Crippen LogP contribution is -2.29. The summed E-state index contributed by atoms with van der Waals surface area (Å²) >= 11 is 0. The van der Waals surface area contributed by atoms with Crippen LogP contribution in [0.4, 0.5) is 0 Å². The van der Waals surface area contributed by atoms with Crippen molar-refractivity contribution in [1.82, 2.24) is 10.4 Å².